The summed E-state index contributed by atoms with van der Waals surface area (Å²) in [6.45, 7) is 0. The number of imidazole rings is 1. The molecule has 0 radical (unpaired) electrons. The van der Waals surface area contributed by atoms with E-state index in [-0.39, 0.29) is 28.9 Å². The number of nitrogens with zero attached hydrogens (tertiary/aromatic N) is 6. The van der Waals surface area contributed by atoms with Crippen molar-refractivity contribution in [2.75, 3.05) is 19.4 Å². The van der Waals surface area contributed by atoms with E-state index in [1.54, 1.807) is 43.2 Å². The lowest BCUT2D eigenvalue weighted by atomic mass is 10.1. The smallest absolute Gasteiger partial charge is 0.254 e. The van der Waals surface area contributed by atoms with Crippen molar-refractivity contribution < 1.29 is 18.4 Å². The minimum atomic E-state index is -1.12. The third-order valence-corrected chi connectivity index (χ3v) is 6.62. The van der Waals surface area contributed by atoms with Gasteiger partial charge >= 0.3 is 0 Å². The molecule has 0 unspecified atom stereocenters. The molecular formula is C24H19ClF2N8O2. The summed E-state index contributed by atoms with van der Waals surface area (Å²) in [6.07, 6.45) is 8.32. The number of nitrogens with one attached hydrogen (secondary N) is 2. The molecule has 5 aromatic rings. The minimum absolute atomic E-state index is 0.110. The lowest BCUT2D eigenvalue weighted by Gasteiger charge is -2.13. The van der Waals surface area contributed by atoms with Crippen molar-refractivity contribution in [1.29, 1.82) is 0 Å². The topological polar surface area (TPSA) is 113 Å². The lowest BCUT2D eigenvalue weighted by molar-refractivity contribution is -0.117. The summed E-state index contributed by atoms with van der Waals surface area (Å²) in [6, 6.07) is 1.59. The van der Waals surface area contributed by atoms with Crippen LogP contribution in [0.2, 0.25) is 5.02 Å². The quantitative estimate of drug-likeness (QED) is 0.362. The molecule has 2 atom stereocenters. The molecule has 2 N–H and O–H groups in total. The largest absolute Gasteiger partial charge is 0.345 e. The molecule has 1 fully saturated rings. The van der Waals surface area contributed by atoms with Gasteiger partial charge in [-0.25, -0.2) is 13.8 Å². The number of anilines is 1. The number of carbonyl (C=O) groups is 2. The number of benzene rings is 1. The fourth-order valence-corrected chi connectivity index (χ4v) is 4.54. The van der Waals surface area contributed by atoms with E-state index >= 15 is 4.39 Å². The number of H-pyrrole nitrogens is 1. The fourth-order valence-electron chi connectivity index (χ4n) is 4.25. The van der Waals surface area contributed by atoms with Gasteiger partial charge in [0.15, 0.2) is 17.3 Å². The summed E-state index contributed by atoms with van der Waals surface area (Å²) in [4.78, 5) is 34.5. The van der Waals surface area contributed by atoms with Gasteiger partial charge in [-0.2, -0.15) is 5.10 Å². The zero-order valence-corrected chi connectivity index (χ0v) is 20.3. The third kappa shape index (κ3) is 3.80. The van der Waals surface area contributed by atoms with Crippen LogP contribution < -0.4 is 5.32 Å². The third-order valence-electron chi connectivity index (χ3n) is 6.27. The van der Waals surface area contributed by atoms with Gasteiger partial charge in [0, 0.05) is 43.6 Å². The molecule has 4 aromatic heterocycles. The molecule has 0 aliphatic heterocycles. The Morgan fingerprint density at radius 1 is 1.24 bits per heavy atom. The number of halogens is 3. The van der Waals surface area contributed by atoms with Gasteiger partial charge < -0.3 is 19.2 Å². The number of aromatic nitrogens is 6. The first-order valence-electron chi connectivity index (χ1n) is 11.3. The van der Waals surface area contributed by atoms with Gasteiger partial charge in [0.05, 0.1) is 46.3 Å². The highest BCUT2D eigenvalue weighted by Gasteiger charge is 2.43. The van der Waals surface area contributed by atoms with Crippen molar-refractivity contribution in [2.45, 2.75) is 12.6 Å². The first kappa shape index (κ1) is 23.1. The van der Waals surface area contributed by atoms with Crippen LogP contribution >= 0.6 is 11.6 Å². The van der Waals surface area contributed by atoms with Crippen LogP contribution in [0.4, 0.5) is 14.6 Å². The van der Waals surface area contributed by atoms with Crippen molar-refractivity contribution in [3.05, 3.63) is 59.7 Å². The van der Waals surface area contributed by atoms with Crippen molar-refractivity contribution in [1.82, 2.24) is 34.0 Å². The van der Waals surface area contributed by atoms with Crippen molar-refractivity contribution in [2.24, 2.45) is 5.92 Å². The minimum Gasteiger partial charge on any atom is -0.345 e. The van der Waals surface area contributed by atoms with Gasteiger partial charge in [-0.05, 0) is 12.5 Å². The van der Waals surface area contributed by atoms with Crippen molar-refractivity contribution in [3.8, 4) is 16.9 Å². The van der Waals surface area contributed by atoms with E-state index < -0.39 is 23.8 Å². The number of hydrogen-bond acceptors (Lipinski definition) is 5. The summed E-state index contributed by atoms with van der Waals surface area (Å²) in [5.74, 6) is -1.77. The monoisotopic (exact) mass is 524 g/mol. The summed E-state index contributed by atoms with van der Waals surface area (Å²) in [5.41, 5.74) is 1.93. The molecule has 37 heavy (non-hydrogen) atoms. The molecule has 1 aliphatic carbocycles. The summed E-state index contributed by atoms with van der Waals surface area (Å²) < 4.78 is 32.0. The highest BCUT2D eigenvalue weighted by Crippen LogP contribution is 2.40. The average molecular weight is 525 g/mol. The maximum atomic E-state index is 15.8. The molecule has 1 saturated carbocycles. The molecule has 4 heterocycles. The number of rotatable bonds is 5. The molecule has 6 rings (SSSR count). The molecule has 1 aliphatic rings. The van der Waals surface area contributed by atoms with E-state index in [9.17, 15) is 14.0 Å². The molecule has 1 aromatic carbocycles. The number of hydrogen-bond donors (Lipinski definition) is 2. The van der Waals surface area contributed by atoms with Crippen molar-refractivity contribution in [3.63, 3.8) is 0 Å². The molecular weight excluding hydrogens is 506 g/mol. The SMILES string of the molecule is CN(C)C(=O)c1ccn(-c2c(F)c(Cl)c(-c3cn4cc(NC(=O)[C@@H]5C[C@@H]5F)nc4cn3)c3cn[nH]c23)c1. The number of aromatic amines is 1. The zero-order valence-electron chi connectivity index (χ0n) is 19.5. The second-order valence-electron chi connectivity index (χ2n) is 9.03. The first-order valence-corrected chi connectivity index (χ1v) is 11.6. The number of fused-ring (bicyclic) bond motifs is 2. The highest BCUT2D eigenvalue weighted by molar-refractivity contribution is 6.35. The van der Waals surface area contributed by atoms with Gasteiger partial charge in [0.1, 0.15) is 11.9 Å². The predicted octanol–water partition coefficient (Wildman–Crippen LogP) is 3.85. The first-order chi connectivity index (χ1) is 17.7. The van der Waals surface area contributed by atoms with E-state index in [1.807, 2.05) is 0 Å². The number of alkyl halides is 1. The van der Waals surface area contributed by atoms with E-state index in [1.165, 1.54) is 28.1 Å². The fraction of sp³-hybridized carbons (Fsp3) is 0.208. The average Bonchev–Trinajstić information content (AvgIpc) is 3.26. The van der Waals surface area contributed by atoms with E-state index in [4.69, 9.17) is 11.6 Å². The maximum absolute atomic E-state index is 15.8. The number of carbonyl (C=O) groups excluding carboxylic acids is 2. The normalized spacial score (nSPS) is 16.9. The molecule has 13 heteroatoms. The predicted molar refractivity (Wildman–Crippen MR) is 132 cm³/mol. The molecule has 188 valence electrons. The van der Waals surface area contributed by atoms with Crippen LogP contribution in [0, 0.1) is 11.7 Å². The van der Waals surface area contributed by atoms with E-state index in [0.717, 1.165) is 0 Å². The second kappa shape index (κ2) is 8.37. The summed E-state index contributed by atoms with van der Waals surface area (Å²) >= 11 is 6.56. The Labute approximate surface area is 212 Å². The molecule has 0 spiro atoms. The Morgan fingerprint density at radius 3 is 2.76 bits per heavy atom. The van der Waals surface area contributed by atoms with Gasteiger partial charge in [-0.3, -0.25) is 19.7 Å². The van der Waals surface area contributed by atoms with Crippen LogP contribution in [0.1, 0.15) is 16.8 Å². The van der Waals surface area contributed by atoms with Crippen LogP contribution in [-0.4, -0.2) is 66.1 Å². The molecule has 0 bridgehead atoms. The van der Waals surface area contributed by atoms with Crippen molar-refractivity contribution >= 4 is 45.8 Å². The second-order valence-corrected chi connectivity index (χ2v) is 9.41. The van der Waals surface area contributed by atoms with E-state index in [0.29, 0.717) is 33.4 Å². The molecule has 2 amide bonds. The van der Waals surface area contributed by atoms with Gasteiger partial charge in [0.25, 0.3) is 5.91 Å². The summed E-state index contributed by atoms with van der Waals surface area (Å²) in [7, 11) is 3.26. The van der Waals surface area contributed by atoms with Gasteiger partial charge in [-0.1, -0.05) is 11.6 Å². The standard InChI is InChI=1S/C24H19ClF2N8O2/c1-33(2)24(37)11-3-4-34(8-11)22-20(27)19(25)18(13-6-29-32-21(13)22)15-9-35-10-16(30-17(35)7-28-15)31-23(36)12-5-14(12)26/h3-4,6-10,12,14H,5H2,1-2H3,(H,29,32)(H,31,36)/t12-,14+/m1/s1. The maximum Gasteiger partial charge on any atom is 0.254 e. The van der Waals surface area contributed by atoms with Gasteiger partial charge in [-0.15, -0.1) is 0 Å². The van der Waals surface area contributed by atoms with Crippen LogP contribution in [0.3, 0.4) is 0 Å². The number of amides is 2. The lowest BCUT2D eigenvalue weighted by Crippen LogP contribution is -2.21. The van der Waals surface area contributed by atoms with Crippen LogP contribution in [-0.2, 0) is 4.79 Å². The zero-order chi connectivity index (χ0) is 26.0. The Morgan fingerprint density at radius 2 is 2.03 bits per heavy atom. The van der Waals surface area contributed by atoms with Crippen LogP contribution in [0.5, 0.6) is 0 Å². The van der Waals surface area contributed by atoms with Crippen LogP contribution in [0.15, 0.2) is 43.2 Å². The Kier molecular flexibility index (Phi) is 5.23. The Hall–Kier alpha value is -4.32. The Bertz CT molecular complexity index is 1720. The van der Waals surface area contributed by atoms with E-state index in [2.05, 4.69) is 25.5 Å². The summed E-state index contributed by atoms with van der Waals surface area (Å²) in [5, 5.41) is 9.84. The highest BCUT2D eigenvalue weighted by atomic mass is 35.5. The molecule has 10 nitrogen and oxygen atoms in total. The Balaban J connectivity index is 1.42. The van der Waals surface area contributed by atoms with Crippen LogP contribution in [0.25, 0.3) is 33.5 Å². The van der Waals surface area contributed by atoms with Gasteiger partial charge in [0.2, 0.25) is 5.91 Å². The molecule has 0 saturated heterocycles.